The van der Waals surface area contributed by atoms with Crippen molar-refractivity contribution in [1.82, 2.24) is 15.3 Å². The fourth-order valence-corrected chi connectivity index (χ4v) is 3.40. The van der Waals surface area contributed by atoms with Gasteiger partial charge in [0, 0.05) is 49.8 Å². The summed E-state index contributed by atoms with van der Waals surface area (Å²) in [6.45, 7) is 3.68. The van der Waals surface area contributed by atoms with Crippen LogP contribution in [0.3, 0.4) is 0 Å². The standard InChI is InChI=1S/C21H26N4O3/c1-14-11-20(23-13-22-14)25-9-7-16(8-10-25)28-19-12-17(27-2)5-6-18(19)21(26)24-15-3-4-15/h5-6,11-13,15-16H,3-4,7-10H2,1-2H3,(H,24,26). The molecule has 1 aromatic carbocycles. The molecule has 0 unspecified atom stereocenters. The third-order valence-corrected chi connectivity index (χ3v) is 5.19. The summed E-state index contributed by atoms with van der Waals surface area (Å²) < 4.78 is 11.6. The van der Waals surface area contributed by atoms with Gasteiger partial charge < -0.3 is 19.7 Å². The van der Waals surface area contributed by atoms with E-state index in [1.807, 2.05) is 19.1 Å². The Morgan fingerprint density at radius 2 is 1.93 bits per heavy atom. The summed E-state index contributed by atoms with van der Waals surface area (Å²) in [6, 6.07) is 7.70. The van der Waals surface area contributed by atoms with E-state index < -0.39 is 0 Å². The summed E-state index contributed by atoms with van der Waals surface area (Å²) in [7, 11) is 1.62. The average molecular weight is 382 g/mol. The summed E-state index contributed by atoms with van der Waals surface area (Å²) in [5, 5.41) is 3.04. The van der Waals surface area contributed by atoms with Gasteiger partial charge in [0.2, 0.25) is 0 Å². The number of ether oxygens (including phenoxy) is 2. The highest BCUT2D eigenvalue weighted by atomic mass is 16.5. The lowest BCUT2D eigenvalue weighted by Crippen LogP contribution is -2.39. The van der Waals surface area contributed by atoms with Crippen LogP contribution in [-0.4, -0.2) is 48.2 Å². The van der Waals surface area contributed by atoms with Gasteiger partial charge in [-0.1, -0.05) is 0 Å². The maximum absolute atomic E-state index is 12.6. The quantitative estimate of drug-likeness (QED) is 0.828. The minimum absolute atomic E-state index is 0.0544. The highest BCUT2D eigenvalue weighted by molar-refractivity contribution is 5.97. The van der Waals surface area contributed by atoms with Crippen molar-refractivity contribution in [3.63, 3.8) is 0 Å². The first-order valence-electron chi connectivity index (χ1n) is 9.81. The number of aryl methyl sites for hydroxylation is 1. The number of benzene rings is 1. The Bertz CT molecular complexity index is 845. The Labute approximate surface area is 165 Å². The van der Waals surface area contributed by atoms with Crippen LogP contribution in [0.25, 0.3) is 0 Å². The van der Waals surface area contributed by atoms with Crippen molar-refractivity contribution in [2.75, 3.05) is 25.1 Å². The van der Waals surface area contributed by atoms with E-state index >= 15 is 0 Å². The summed E-state index contributed by atoms with van der Waals surface area (Å²) >= 11 is 0. The minimum Gasteiger partial charge on any atom is -0.497 e. The summed E-state index contributed by atoms with van der Waals surface area (Å²) in [6.07, 6.45) is 5.50. The number of carbonyl (C=O) groups is 1. The van der Waals surface area contributed by atoms with Crippen LogP contribution in [0.1, 0.15) is 41.7 Å². The molecular formula is C21H26N4O3. The first kappa shape index (κ1) is 18.5. The number of aromatic nitrogens is 2. The van der Waals surface area contributed by atoms with E-state index in [4.69, 9.17) is 9.47 Å². The number of anilines is 1. The molecule has 4 rings (SSSR count). The molecule has 2 aliphatic rings. The maximum atomic E-state index is 12.6. The number of nitrogens with one attached hydrogen (secondary N) is 1. The van der Waals surface area contributed by atoms with Crippen molar-refractivity contribution in [3.05, 3.63) is 41.9 Å². The molecular weight excluding hydrogens is 356 g/mol. The molecule has 1 saturated heterocycles. The van der Waals surface area contributed by atoms with Gasteiger partial charge in [0.25, 0.3) is 5.91 Å². The van der Waals surface area contributed by atoms with Crippen molar-refractivity contribution in [2.45, 2.75) is 44.8 Å². The second-order valence-electron chi connectivity index (χ2n) is 7.43. The molecule has 28 heavy (non-hydrogen) atoms. The molecule has 1 N–H and O–H groups in total. The van der Waals surface area contributed by atoms with Crippen LogP contribution in [-0.2, 0) is 0 Å². The third kappa shape index (κ3) is 4.35. The van der Waals surface area contributed by atoms with Gasteiger partial charge in [0.15, 0.2) is 0 Å². The van der Waals surface area contributed by atoms with Gasteiger partial charge >= 0.3 is 0 Å². The molecule has 1 aromatic heterocycles. The number of carbonyl (C=O) groups excluding carboxylic acids is 1. The fourth-order valence-electron chi connectivity index (χ4n) is 3.40. The predicted octanol–water partition coefficient (Wildman–Crippen LogP) is 2.73. The fraction of sp³-hybridized carbons (Fsp3) is 0.476. The lowest BCUT2D eigenvalue weighted by molar-refractivity contribution is 0.0941. The molecule has 0 atom stereocenters. The zero-order chi connectivity index (χ0) is 19.5. The second-order valence-corrected chi connectivity index (χ2v) is 7.43. The lowest BCUT2D eigenvalue weighted by Gasteiger charge is -2.33. The van der Waals surface area contributed by atoms with E-state index in [2.05, 4.69) is 20.2 Å². The highest BCUT2D eigenvalue weighted by Crippen LogP contribution is 2.29. The van der Waals surface area contributed by atoms with E-state index in [-0.39, 0.29) is 12.0 Å². The smallest absolute Gasteiger partial charge is 0.255 e. The number of piperidine rings is 1. The molecule has 7 heteroatoms. The van der Waals surface area contributed by atoms with Gasteiger partial charge in [0.1, 0.15) is 29.7 Å². The van der Waals surface area contributed by atoms with Crippen LogP contribution >= 0.6 is 0 Å². The molecule has 1 amide bonds. The van der Waals surface area contributed by atoms with Crippen LogP contribution in [0.4, 0.5) is 5.82 Å². The molecule has 0 radical (unpaired) electrons. The topological polar surface area (TPSA) is 76.6 Å². The van der Waals surface area contributed by atoms with E-state index in [9.17, 15) is 4.79 Å². The van der Waals surface area contributed by atoms with Crippen LogP contribution in [0.2, 0.25) is 0 Å². The molecule has 2 fully saturated rings. The lowest BCUT2D eigenvalue weighted by atomic mass is 10.1. The van der Waals surface area contributed by atoms with Crippen LogP contribution in [0.15, 0.2) is 30.6 Å². The molecule has 148 valence electrons. The maximum Gasteiger partial charge on any atom is 0.255 e. The van der Waals surface area contributed by atoms with Gasteiger partial charge in [-0.2, -0.15) is 0 Å². The Hall–Kier alpha value is -2.83. The Morgan fingerprint density at radius 3 is 2.61 bits per heavy atom. The van der Waals surface area contributed by atoms with E-state index in [1.165, 1.54) is 0 Å². The Kier molecular flexibility index (Phi) is 5.32. The van der Waals surface area contributed by atoms with Crippen molar-refractivity contribution >= 4 is 11.7 Å². The number of methoxy groups -OCH3 is 1. The van der Waals surface area contributed by atoms with E-state index in [0.717, 1.165) is 50.3 Å². The zero-order valence-corrected chi connectivity index (χ0v) is 16.4. The minimum atomic E-state index is -0.0750. The molecule has 2 aromatic rings. The largest absolute Gasteiger partial charge is 0.497 e. The molecule has 1 aliphatic carbocycles. The number of hydrogen-bond acceptors (Lipinski definition) is 6. The molecule has 0 spiro atoms. The third-order valence-electron chi connectivity index (χ3n) is 5.19. The van der Waals surface area contributed by atoms with Gasteiger partial charge in [-0.15, -0.1) is 0 Å². The summed E-state index contributed by atoms with van der Waals surface area (Å²) in [4.78, 5) is 23.4. The average Bonchev–Trinajstić information content (AvgIpc) is 3.52. The number of rotatable bonds is 6. The van der Waals surface area contributed by atoms with E-state index in [1.54, 1.807) is 25.6 Å². The van der Waals surface area contributed by atoms with Gasteiger partial charge in [-0.3, -0.25) is 4.79 Å². The van der Waals surface area contributed by atoms with Crippen molar-refractivity contribution in [2.24, 2.45) is 0 Å². The van der Waals surface area contributed by atoms with Crippen LogP contribution < -0.4 is 19.7 Å². The van der Waals surface area contributed by atoms with Gasteiger partial charge in [-0.25, -0.2) is 9.97 Å². The van der Waals surface area contributed by atoms with Crippen LogP contribution in [0, 0.1) is 6.92 Å². The van der Waals surface area contributed by atoms with Crippen molar-refractivity contribution < 1.29 is 14.3 Å². The first-order chi connectivity index (χ1) is 13.6. The van der Waals surface area contributed by atoms with Crippen molar-refractivity contribution in [1.29, 1.82) is 0 Å². The summed E-state index contributed by atoms with van der Waals surface area (Å²) in [5.74, 6) is 2.16. The molecule has 1 saturated carbocycles. The Balaban J connectivity index is 1.43. The van der Waals surface area contributed by atoms with Crippen molar-refractivity contribution in [3.8, 4) is 11.5 Å². The SMILES string of the molecule is COc1ccc(C(=O)NC2CC2)c(OC2CCN(c3cc(C)ncn3)CC2)c1. The molecule has 2 heterocycles. The second kappa shape index (κ2) is 8.04. The van der Waals surface area contributed by atoms with Gasteiger partial charge in [0.05, 0.1) is 12.7 Å². The molecule has 7 nitrogen and oxygen atoms in total. The van der Waals surface area contributed by atoms with E-state index in [0.29, 0.717) is 23.1 Å². The molecule has 1 aliphatic heterocycles. The van der Waals surface area contributed by atoms with Gasteiger partial charge in [-0.05, 0) is 31.9 Å². The monoisotopic (exact) mass is 382 g/mol. The highest BCUT2D eigenvalue weighted by Gasteiger charge is 2.27. The first-order valence-corrected chi connectivity index (χ1v) is 9.81. The Morgan fingerprint density at radius 1 is 1.14 bits per heavy atom. The number of amides is 1. The number of nitrogens with zero attached hydrogens (tertiary/aromatic N) is 3. The van der Waals surface area contributed by atoms with Crippen LogP contribution in [0.5, 0.6) is 11.5 Å². The number of hydrogen-bond donors (Lipinski definition) is 1. The normalized spacial score (nSPS) is 17.3. The predicted molar refractivity (Wildman–Crippen MR) is 106 cm³/mol. The summed E-state index contributed by atoms with van der Waals surface area (Å²) in [5.41, 5.74) is 1.53. The zero-order valence-electron chi connectivity index (χ0n) is 16.4. The molecule has 0 bridgehead atoms.